The van der Waals surface area contributed by atoms with Crippen molar-refractivity contribution in [3.05, 3.63) is 60.7 Å². The maximum Gasteiger partial charge on any atom is 0.119 e. The van der Waals surface area contributed by atoms with Crippen LogP contribution in [-0.4, -0.2) is 10.2 Å². The third-order valence-electron chi connectivity index (χ3n) is 3.05. The van der Waals surface area contributed by atoms with Gasteiger partial charge in [-0.05, 0) is 35.7 Å². The van der Waals surface area contributed by atoms with Crippen LogP contribution in [0.3, 0.4) is 0 Å². The molecular weight excluding hydrogens is 224 g/mol. The van der Waals surface area contributed by atoms with Crippen molar-refractivity contribution in [2.24, 2.45) is 0 Å². The molecule has 2 aromatic carbocycles. The first kappa shape index (κ1) is 12.2. The Labute approximate surface area is 107 Å². The summed E-state index contributed by atoms with van der Waals surface area (Å²) in [6, 6.07) is 7.05. The summed E-state index contributed by atoms with van der Waals surface area (Å²) in [5.74, 6) is 0.469. The molecule has 0 unspecified atom stereocenters. The molecule has 0 fully saturated rings. The van der Waals surface area contributed by atoms with E-state index < -0.39 is 0 Å². The van der Waals surface area contributed by atoms with E-state index in [0.29, 0.717) is 12.8 Å². The van der Waals surface area contributed by atoms with E-state index in [1.54, 1.807) is 24.3 Å². The minimum atomic E-state index is 0.235. The Bertz CT molecular complexity index is 561. The molecule has 0 bridgehead atoms. The van der Waals surface area contributed by atoms with Crippen LogP contribution in [-0.2, 0) is 12.8 Å². The highest BCUT2D eigenvalue weighted by atomic mass is 16.3. The molecule has 0 atom stereocenters. The van der Waals surface area contributed by atoms with Crippen LogP contribution in [0.2, 0.25) is 0 Å². The second kappa shape index (κ2) is 4.96. The molecule has 18 heavy (non-hydrogen) atoms. The number of allylic oxidation sites excluding steroid dienone is 2. The molecule has 0 heterocycles. The van der Waals surface area contributed by atoms with Gasteiger partial charge in [0.05, 0.1) is 0 Å². The van der Waals surface area contributed by atoms with Gasteiger partial charge in [0.15, 0.2) is 0 Å². The second-order valence-electron chi connectivity index (χ2n) is 4.21. The predicted octanol–water partition coefficient (Wildman–Crippen LogP) is 3.71. The summed E-state index contributed by atoms with van der Waals surface area (Å²) < 4.78 is 0. The van der Waals surface area contributed by atoms with Crippen LogP contribution in [0.25, 0.3) is 10.8 Å². The van der Waals surface area contributed by atoms with Gasteiger partial charge >= 0.3 is 0 Å². The molecule has 0 saturated heterocycles. The van der Waals surface area contributed by atoms with Crippen molar-refractivity contribution in [2.45, 2.75) is 12.8 Å². The molecule has 2 nitrogen and oxygen atoms in total. The number of hydrogen-bond acceptors (Lipinski definition) is 2. The van der Waals surface area contributed by atoms with E-state index in [4.69, 9.17) is 0 Å². The largest absolute Gasteiger partial charge is 0.508 e. The van der Waals surface area contributed by atoms with Crippen molar-refractivity contribution in [1.29, 1.82) is 0 Å². The minimum Gasteiger partial charge on any atom is -0.508 e. The normalized spacial score (nSPS) is 10.4. The van der Waals surface area contributed by atoms with Gasteiger partial charge in [0.25, 0.3) is 0 Å². The predicted molar refractivity (Wildman–Crippen MR) is 75.1 cm³/mol. The molecule has 0 amide bonds. The van der Waals surface area contributed by atoms with Crippen LogP contribution in [0.5, 0.6) is 11.5 Å². The number of phenolic OH excluding ortho intramolecular Hbond substituents is 2. The first-order valence-corrected chi connectivity index (χ1v) is 5.86. The molecule has 0 radical (unpaired) electrons. The SMILES string of the molecule is C=CCc1c(O)ccc2ccc(O)c(CC=C)c12. The molecule has 0 aliphatic heterocycles. The Hall–Kier alpha value is -2.22. The van der Waals surface area contributed by atoms with Crippen LogP contribution in [0, 0.1) is 0 Å². The van der Waals surface area contributed by atoms with Crippen LogP contribution in [0.1, 0.15) is 11.1 Å². The highest BCUT2D eigenvalue weighted by Gasteiger charge is 2.12. The fraction of sp³-hybridized carbons (Fsp3) is 0.125. The Morgan fingerprint density at radius 1 is 0.833 bits per heavy atom. The molecule has 0 aromatic heterocycles. The molecule has 92 valence electrons. The summed E-state index contributed by atoms with van der Waals surface area (Å²) in [6.07, 6.45) is 4.63. The van der Waals surface area contributed by atoms with Crippen molar-refractivity contribution in [1.82, 2.24) is 0 Å². The van der Waals surface area contributed by atoms with Crippen molar-refractivity contribution in [3.63, 3.8) is 0 Å². The smallest absolute Gasteiger partial charge is 0.119 e. The number of aromatic hydroxyl groups is 2. The summed E-state index contributed by atoms with van der Waals surface area (Å²) >= 11 is 0. The molecular formula is C16H16O2. The Morgan fingerprint density at radius 2 is 1.28 bits per heavy atom. The standard InChI is InChI=1S/C16H16O2/c1-3-5-12-14(17)9-7-11-8-10-15(18)13(6-4-2)16(11)12/h3-4,7-10,17-18H,1-2,5-6H2. The quantitative estimate of drug-likeness (QED) is 0.800. The van der Waals surface area contributed by atoms with Gasteiger partial charge in [0.1, 0.15) is 11.5 Å². The maximum atomic E-state index is 9.97. The van der Waals surface area contributed by atoms with Crippen molar-refractivity contribution >= 4 is 10.8 Å². The van der Waals surface area contributed by atoms with Crippen molar-refractivity contribution in [3.8, 4) is 11.5 Å². The summed E-state index contributed by atoms with van der Waals surface area (Å²) in [5.41, 5.74) is 1.60. The highest BCUT2D eigenvalue weighted by Crippen LogP contribution is 2.35. The number of phenols is 2. The average molecular weight is 240 g/mol. The zero-order valence-corrected chi connectivity index (χ0v) is 10.2. The lowest BCUT2D eigenvalue weighted by atomic mass is 9.94. The van der Waals surface area contributed by atoms with Crippen LogP contribution >= 0.6 is 0 Å². The minimum absolute atomic E-state index is 0.235. The summed E-state index contributed by atoms with van der Waals surface area (Å²) in [6.45, 7) is 7.42. The first-order chi connectivity index (χ1) is 8.69. The molecule has 0 aliphatic rings. The lowest BCUT2D eigenvalue weighted by molar-refractivity contribution is 0.468. The number of hydrogen-bond donors (Lipinski definition) is 2. The highest BCUT2D eigenvalue weighted by molar-refractivity contribution is 5.92. The van der Waals surface area contributed by atoms with Gasteiger partial charge in [0, 0.05) is 11.1 Å². The molecule has 2 rings (SSSR count). The fourth-order valence-corrected chi connectivity index (χ4v) is 2.25. The third-order valence-corrected chi connectivity index (χ3v) is 3.05. The van der Waals surface area contributed by atoms with E-state index in [1.807, 2.05) is 12.1 Å². The lowest BCUT2D eigenvalue weighted by Gasteiger charge is -2.13. The topological polar surface area (TPSA) is 40.5 Å². The van der Waals surface area contributed by atoms with Gasteiger partial charge in [-0.1, -0.05) is 24.3 Å². The van der Waals surface area contributed by atoms with Crippen LogP contribution in [0.15, 0.2) is 49.6 Å². The van der Waals surface area contributed by atoms with Crippen molar-refractivity contribution in [2.75, 3.05) is 0 Å². The summed E-state index contributed by atoms with van der Waals surface area (Å²) in [7, 11) is 0. The van der Waals surface area contributed by atoms with E-state index in [1.165, 1.54) is 0 Å². The third kappa shape index (κ3) is 1.97. The van der Waals surface area contributed by atoms with E-state index in [-0.39, 0.29) is 11.5 Å². The van der Waals surface area contributed by atoms with Crippen LogP contribution in [0.4, 0.5) is 0 Å². The van der Waals surface area contributed by atoms with E-state index in [2.05, 4.69) is 13.2 Å². The fourth-order valence-electron chi connectivity index (χ4n) is 2.25. The Morgan fingerprint density at radius 3 is 1.67 bits per heavy atom. The average Bonchev–Trinajstić information content (AvgIpc) is 2.36. The number of rotatable bonds is 4. The van der Waals surface area contributed by atoms with Gasteiger partial charge in [0.2, 0.25) is 0 Å². The second-order valence-corrected chi connectivity index (χ2v) is 4.21. The van der Waals surface area contributed by atoms with Gasteiger partial charge in [-0.25, -0.2) is 0 Å². The zero-order chi connectivity index (χ0) is 13.1. The number of fused-ring (bicyclic) bond motifs is 1. The molecule has 2 heteroatoms. The zero-order valence-electron chi connectivity index (χ0n) is 10.2. The van der Waals surface area contributed by atoms with E-state index in [0.717, 1.165) is 21.9 Å². The molecule has 2 aromatic rings. The van der Waals surface area contributed by atoms with Gasteiger partial charge in [-0.15, -0.1) is 13.2 Å². The molecule has 0 spiro atoms. The van der Waals surface area contributed by atoms with Gasteiger partial charge in [-0.3, -0.25) is 0 Å². The van der Waals surface area contributed by atoms with Crippen LogP contribution < -0.4 is 0 Å². The molecule has 2 N–H and O–H groups in total. The maximum absolute atomic E-state index is 9.97. The summed E-state index contributed by atoms with van der Waals surface area (Å²) in [5, 5.41) is 21.8. The molecule has 0 saturated carbocycles. The number of benzene rings is 2. The summed E-state index contributed by atoms with van der Waals surface area (Å²) in [4.78, 5) is 0. The van der Waals surface area contributed by atoms with Gasteiger partial charge in [-0.2, -0.15) is 0 Å². The first-order valence-electron chi connectivity index (χ1n) is 5.86. The Balaban J connectivity index is 2.86. The van der Waals surface area contributed by atoms with E-state index in [9.17, 15) is 10.2 Å². The monoisotopic (exact) mass is 240 g/mol. The van der Waals surface area contributed by atoms with Gasteiger partial charge < -0.3 is 10.2 Å². The lowest BCUT2D eigenvalue weighted by Crippen LogP contribution is -1.92. The molecule has 0 aliphatic carbocycles. The Kier molecular flexibility index (Phi) is 3.38. The van der Waals surface area contributed by atoms with Crippen molar-refractivity contribution < 1.29 is 10.2 Å². The van der Waals surface area contributed by atoms with E-state index >= 15 is 0 Å².